The molecule has 1 unspecified atom stereocenters. The molecule has 0 bridgehead atoms. The summed E-state index contributed by atoms with van der Waals surface area (Å²) in [5.41, 5.74) is 5.07. The van der Waals surface area contributed by atoms with Crippen LogP contribution in [-0.2, 0) is 20.4 Å². The molecule has 1 aliphatic carbocycles. The molecular formula is C13H21Cl3Ti. The first kappa shape index (κ1) is 23.2. The van der Waals surface area contributed by atoms with E-state index >= 15 is 0 Å². The van der Waals surface area contributed by atoms with Gasteiger partial charge in [0.05, 0.1) is 0 Å². The first-order valence-electron chi connectivity index (χ1n) is 5.87. The van der Waals surface area contributed by atoms with Crippen LogP contribution in [0.5, 0.6) is 0 Å². The molecule has 1 atom stereocenters. The maximum atomic E-state index is 2.34. The fourth-order valence-corrected chi connectivity index (χ4v) is 3.81. The number of rotatable bonds is 4. The van der Waals surface area contributed by atoms with Gasteiger partial charge >= 0.3 is 100 Å². The van der Waals surface area contributed by atoms with Crippen molar-refractivity contribution in [3.63, 3.8) is 0 Å². The van der Waals surface area contributed by atoms with Crippen molar-refractivity contribution in [1.82, 2.24) is 0 Å². The largest absolute Gasteiger partial charge is 1.00 e. The molecule has 98 valence electrons. The van der Waals surface area contributed by atoms with Crippen LogP contribution in [0.4, 0.5) is 0 Å². The van der Waals surface area contributed by atoms with E-state index in [4.69, 9.17) is 0 Å². The van der Waals surface area contributed by atoms with E-state index in [9.17, 15) is 0 Å². The fraction of sp³-hybridized carbons (Fsp3) is 0.692. The van der Waals surface area contributed by atoms with Crippen LogP contribution in [0.1, 0.15) is 53.4 Å². The Hall–Kier alpha value is 1.06. The normalized spacial score (nSPS) is 18.6. The van der Waals surface area contributed by atoms with E-state index in [0.29, 0.717) is 0 Å². The van der Waals surface area contributed by atoms with Crippen molar-refractivity contribution in [1.29, 1.82) is 0 Å². The molecule has 4 heteroatoms. The molecule has 0 spiro atoms. The smallest absolute Gasteiger partial charge is 1.00 e. The molecule has 0 amide bonds. The minimum Gasteiger partial charge on any atom is -1.00 e. The molecule has 0 aromatic carbocycles. The summed E-state index contributed by atoms with van der Waals surface area (Å²) < 4.78 is 1.66. The van der Waals surface area contributed by atoms with Gasteiger partial charge in [-0.25, -0.2) is 0 Å². The Kier molecular flexibility index (Phi) is 14.9. The maximum absolute atomic E-state index is 2.34. The van der Waals surface area contributed by atoms with E-state index in [1.165, 1.54) is 25.7 Å². The third-order valence-corrected chi connectivity index (χ3v) is 4.36. The molecule has 1 aliphatic rings. The Bertz CT molecular complexity index is 282. The van der Waals surface area contributed by atoms with Crippen LogP contribution >= 0.6 is 0 Å². The summed E-state index contributed by atoms with van der Waals surface area (Å²) in [6.45, 7) is 9.21. The van der Waals surface area contributed by atoms with Gasteiger partial charge in [0.2, 0.25) is 0 Å². The van der Waals surface area contributed by atoms with Gasteiger partial charge in [0.1, 0.15) is 0 Å². The van der Waals surface area contributed by atoms with Crippen molar-refractivity contribution in [2.45, 2.75) is 53.4 Å². The SMILES string of the molecule is CCC1=[C]([Ti+3])C(CC)C(CC)=C1CC.[Cl-].[Cl-].[Cl-]. The molecule has 0 aromatic rings. The Labute approximate surface area is 137 Å². The van der Waals surface area contributed by atoms with Crippen molar-refractivity contribution in [3.8, 4) is 0 Å². The molecule has 0 aromatic heterocycles. The van der Waals surface area contributed by atoms with E-state index in [-0.39, 0.29) is 37.2 Å². The molecule has 0 heterocycles. The van der Waals surface area contributed by atoms with Gasteiger partial charge in [-0.1, -0.05) is 0 Å². The molecule has 0 saturated carbocycles. The van der Waals surface area contributed by atoms with Crippen LogP contribution in [0.25, 0.3) is 0 Å². The summed E-state index contributed by atoms with van der Waals surface area (Å²) in [6.07, 6.45) is 4.96. The van der Waals surface area contributed by atoms with Gasteiger partial charge in [-0.15, -0.1) is 0 Å². The molecule has 0 saturated heterocycles. The van der Waals surface area contributed by atoms with Gasteiger partial charge in [-0.3, -0.25) is 0 Å². The topological polar surface area (TPSA) is 0 Å². The summed E-state index contributed by atoms with van der Waals surface area (Å²) in [5, 5.41) is 0. The van der Waals surface area contributed by atoms with Crippen LogP contribution in [0.2, 0.25) is 0 Å². The van der Waals surface area contributed by atoms with E-state index < -0.39 is 0 Å². The van der Waals surface area contributed by atoms with Gasteiger partial charge in [0.15, 0.2) is 0 Å². The summed E-state index contributed by atoms with van der Waals surface area (Å²) in [6, 6.07) is 0. The molecule has 0 N–H and O–H groups in total. The minimum atomic E-state index is 0. The number of hydrogen-bond donors (Lipinski definition) is 0. The maximum Gasteiger partial charge on any atom is -1.00 e. The van der Waals surface area contributed by atoms with Gasteiger partial charge < -0.3 is 37.2 Å². The van der Waals surface area contributed by atoms with Crippen molar-refractivity contribution in [2.75, 3.05) is 0 Å². The third kappa shape index (κ3) is 4.58. The summed E-state index contributed by atoms with van der Waals surface area (Å²) in [7, 11) is 0. The van der Waals surface area contributed by atoms with Gasteiger partial charge in [0, 0.05) is 0 Å². The number of allylic oxidation sites excluding steroid dienone is 4. The monoisotopic (exact) mass is 330 g/mol. The average Bonchev–Trinajstić information content (AvgIpc) is 2.48. The van der Waals surface area contributed by atoms with Crippen LogP contribution in [-0.4, -0.2) is 0 Å². The Balaban J connectivity index is -0.000000653. The van der Waals surface area contributed by atoms with Crippen molar-refractivity contribution < 1.29 is 57.7 Å². The Morgan fingerprint density at radius 1 is 0.824 bits per heavy atom. The predicted octanol–water partition coefficient (Wildman–Crippen LogP) is -4.63. The summed E-state index contributed by atoms with van der Waals surface area (Å²) in [5.74, 6) is 0.768. The van der Waals surface area contributed by atoms with Crippen molar-refractivity contribution >= 4 is 0 Å². The molecule has 0 nitrogen and oxygen atoms in total. The predicted molar refractivity (Wildman–Crippen MR) is 58.7 cm³/mol. The molecule has 0 aliphatic heterocycles. The van der Waals surface area contributed by atoms with Crippen LogP contribution in [0.3, 0.4) is 0 Å². The Morgan fingerprint density at radius 2 is 1.29 bits per heavy atom. The van der Waals surface area contributed by atoms with Gasteiger partial charge in [-0.05, 0) is 0 Å². The molecule has 17 heavy (non-hydrogen) atoms. The minimum absolute atomic E-state index is 0. The average molecular weight is 332 g/mol. The molecular weight excluding hydrogens is 310 g/mol. The van der Waals surface area contributed by atoms with Crippen LogP contribution < -0.4 is 37.2 Å². The quantitative estimate of drug-likeness (QED) is 0.455. The van der Waals surface area contributed by atoms with E-state index in [1.807, 2.05) is 0 Å². The molecule has 0 radical (unpaired) electrons. The zero-order chi connectivity index (χ0) is 10.7. The van der Waals surface area contributed by atoms with Crippen molar-refractivity contribution in [3.05, 3.63) is 20.6 Å². The second-order valence-electron chi connectivity index (χ2n) is 3.92. The third-order valence-electron chi connectivity index (χ3n) is 3.34. The Morgan fingerprint density at radius 3 is 1.59 bits per heavy atom. The zero-order valence-corrected chi connectivity index (χ0v) is 14.9. The fourth-order valence-electron chi connectivity index (χ4n) is 2.71. The van der Waals surface area contributed by atoms with Gasteiger partial charge in [0.25, 0.3) is 0 Å². The van der Waals surface area contributed by atoms with Crippen LogP contribution in [0, 0.1) is 5.92 Å². The summed E-state index contributed by atoms with van der Waals surface area (Å²) >= 11 is 2.34. The van der Waals surface area contributed by atoms with Crippen LogP contribution in [0.15, 0.2) is 20.6 Å². The van der Waals surface area contributed by atoms with Crippen molar-refractivity contribution in [2.24, 2.45) is 5.92 Å². The van der Waals surface area contributed by atoms with E-state index in [1.54, 1.807) is 20.6 Å². The second-order valence-corrected chi connectivity index (χ2v) is 4.76. The number of halogens is 3. The number of hydrogen-bond acceptors (Lipinski definition) is 0. The molecule has 1 rings (SSSR count). The molecule has 0 fully saturated rings. The zero-order valence-electron chi connectivity index (χ0n) is 11.0. The van der Waals surface area contributed by atoms with E-state index in [2.05, 4.69) is 48.1 Å². The second kappa shape index (κ2) is 10.9. The first-order valence-corrected chi connectivity index (χ1v) is 6.66. The van der Waals surface area contributed by atoms with E-state index in [0.717, 1.165) is 5.92 Å². The van der Waals surface area contributed by atoms with Gasteiger partial charge in [-0.2, -0.15) is 0 Å². The first-order chi connectivity index (χ1) is 6.71. The summed E-state index contributed by atoms with van der Waals surface area (Å²) in [4.78, 5) is 0. The standard InChI is InChI=1S/C13H21.3ClH.Ti/c1-5-10-9-11(6-2)13(8-4)12(10)7-3;;;;/h10H,5-8H2,1-4H3;3*1H;/q;;;;+3/p-3.